The van der Waals surface area contributed by atoms with Crippen LogP contribution in [-0.2, 0) is 14.3 Å². The van der Waals surface area contributed by atoms with Crippen LogP contribution in [0, 0.1) is 62.6 Å². The molecule has 0 aromatic carbocycles. The third-order valence-corrected chi connectivity index (χ3v) is 17.2. The van der Waals surface area contributed by atoms with Crippen molar-refractivity contribution in [2.75, 3.05) is 32.9 Å². The maximum Gasteiger partial charge on any atom is 0.307 e. The number of ether oxygens (including phenoxy) is 2. The van der Waals surface area contributed by atoms with Crippen LogP contribution in [0.25, 0.3) is 0 Å². The van der Waals surface area contributed by atoms with Gasteiger partial charge in [0.2, 0.25) is 5.82 Å². The Balaban J connectivity index is 1.31. The topological polar surface area (TPSA) is 133 Å². The number of nitrogens with two attached hydrogens (primary N) is 1. The van der Waals surface area contributed by atoms with Crippen molar-refractivity contribution in [3.05, 3.63) is 23.8 Å². The molecule has 10 nitrogen and oxygen atoms in total. The van der Waals surface area contributed by atoms with Crippen LogP contribution in [0.15, 0.2) is 18.0 Å². The second-order valence-electron chi connectivity index (χ2n) is 20.2. The molecule has 7 rings (SSSR count). The number of nitrogens with zero attached hydrogens (tertiary/aromatic N) is 4. The van der Waals surface area contributed by atoms with Gasteiger partial charge in [0.25, 0.3) is 5.91 Å². The number of rotatable bonds is 9. The molecule has 3 heterocycles. The number of aliphatic carboxylic acids is 1. The van der Waals surface area contributed by atoms with Gasteiger partial charge >= 0.3 is 5.97 Å². The number of carboxylic acid groups (broad SMARTS) is 1. The van der Waals surface area contributed by atoms with Crippen molar-refractivity contribution in [1.29, 1.82) is 0 Å². The molecule has 0 radical (unpaired) electrons. The average Bonchev–Trinajstić information content (AvgIpc) is 3.53. The molecule has 1 amide bonds. The summed E-state index contributed by atoms with van der Waals surface area (Å²) >= 11 is 0. The first kappa shape index (κ1) is 38.0. The highest BCUT2D eigenvalue weighted by atomic mass is 16.5. The van der Waals surface area contributed by atoms with Gasteiger partial charge in [-0.15, -0.1) is 5.10 Å². The molecule has 2 saturated heterocycles. The molecular weight excluding hydrogens is 654 g/mol. The Morgan fingerprint density at radius 1 is 1.08 bits per heavy atom. The molecule has 290 valence electrons. The molecule has 0 spiro atoms. The third kappa shape index (κ3) is 5.25. The van der Waals surface area contributed by atoms with E-state index in [0.717, 1.165) is 58.0 Å². The Labute approximate surface area is 312 Å². The molecule has 3 N–H and O–H groups in total. The second kappa shape index (κ2) is 12.6. The number of amides is 1. The molecule has 1 aromatic rings. The molecule has 1 unspecified atom stereocenters. The van der Waals surface area contributed by atoms with Crippen LogP contribution in [0.1, 0.15) is 131 Å². The van der Waals surface area contributed by atoms with Crippen LogP contribution in [0.5, 0.6) is 0 Å². The second-order valence-corrected chi connectivity index (χ2v) is 20.2. The highest BCUT2D eigenvalue weighted by molar-refractivity contribution is 5.90. The van der Waals surface area contributed by atoms with Crippen molar-refractivity contribution in [1.82, 2.24) is 19.7 Å². The Morgan fingerprint density at radius 3 is 2.40 bits per heavy atom. The normalized spacial score (nSPS) is 43.1. The fourth-order valence-corrected chi connectivity index (χ4v) is 12.8. The van der Waals surface area contributed by atoms with E-state index in [9.17, 15) is 14.7 Å². The summed E-state index contributed by atoms with van der Waals surface area (Å²) in [6, 6.07) is -0.173. The monoisotopic (exact) mass is 722 g/mol. The molecular formula is C42H67N5O5. The molecule has 10 heteroatoms. The van der Waals surface area contributed by atoms with Crippen molar-refractivity contribution in [3.63, 3.8) is 0 Å². The van der Waals surface area contributed by atoms with E-state index in [-0.39, 0.29) is 62.8 Å². The Hall–Kier alpha value is -2.30. The van der Waals surface area contributed by atoms with E-state index in [1.54, 1.807) is 6.33 Å². The van der Waals surface area contributed by atoms with Crippen LogP contribution < -0.4 is 5.73 Å². The van der Waals surface area contributed by atoms with E-state index in [1.807, 2.05) is 9.58 Å². The smallest absolute Gasteiger partial charge is 0.307 e. The number of carboxylic acids is 1. The SMILES string of the molecule is CC(C)[C@@H](C)[C@@]1(C)CC[C@]2(C)[C@H]3CC[C@@H]4C5(COC[C@]4(C)[C@@H](OC[C@](C)(N)C(C)C)[C@H](n4cnc(C(=O)N6CCC6)n4)C5)C3=CC[C@@]2(C)[C@@H]1C(=O)O. The fourth-order valence-electron chi connectivity index (χ4n) is 12.8. The quantitative estimate of drug-likeness (QED) is 0.260. The molecule has 5 fully saturated rings. The molecule has 1 aromatic heterocycles. The maximum absolute atomic E-state index is 13.5. The molecule has 4 aliphatic carbocycles. The summed E-state index contributed by atoms with van der Waals surface area (Å²) in [5, 5.41) is 16.0. The first-order valence-electron chi connectivity index (χ1n) is 20.4. The number of aromatic nitrogens is 3. The lowest BCUT2D eigenvalue weighted by atomic mass is 9.34. The lowest BCUT2D eigenvalue weighted by molar-refractivity contribution is -0.252. The molecule has 12 atom stereocenters. The van der Waals surface area contributed by atoms with Gasteiger partial charge in [0.1, 0.15) is 6.33 Å². The summed E-state index contributed by atoms with van der Waals surface area (Å²) in [7, 11) is 0. The number of hydrogen-bond donors (Lipinski definition) is 2. The van der Waals surface area contributed by atoms with Gasteiger partial charge in [0.05, 0.1) is 37.9 Å². The highest BCUT2D eigenvalue weighted by Gasteiger charge is 2.72. The Morgan fingerprint density at radius 2 is 1.79 bits per heavy atom. The van der Waals surface area contributed by atoms with Crippen LogP contribution in [0.2, 0.25) is 0 Å². The van der Waals surface area contributed by atoms with E-state index in [0.29, 0.717) is 37.6 Å². The number of carbonyl (C=O) groups excluding carboxylic acids is 1. The Kier molecular flexibility index (Phi) is 9.22. The number of likely N-dealkylation sites (tertiary alicyclic amines) is 1. The fraction of sp³-hybridized carbons (Fsp3) is 0.857. The van der Waals surface area contributed by atoms with Crippen molar-refractivity contribution in [2.24, 2.45) is 68.3 Å². The number of fused-ring (bicyclic) bond motifs is 3. The minimum absolute atomic E-state index is 0.109. The van der Waals surface area contributed by atoms with E-state index in [4.69, 9.17) is 20.3 Å². The molecule has 6 aliphatic rings. The number of hydrogen-bond acceptors (Lipinski definition) is 7. The van der Waals surface area contributed by atoms with Crippen LogP contribution in [-0.4, -0.2) is 81.2 Å². The van der Waals surface area contributed by atoms with E-state index >= 15 is 0 Å². The first-order chi connectivity index (χ1) is 24.3. The van der Waals surface area contributed by atoms with Gasteiger partial charge in [0, 0.05) is 29.5 Å². The van der Waals surface area contributed by atoms with Gasteiger partial charge in [-0.1, -0.05) is 74.0 Å². The van der Waals surface area contributed by atoms with E-state index < -0.39 is 17.4 Å². The van der Waals surface area contributed by atoms with Crippen LogP contribution in [0.4, 0.5) is 0 Å². The molecule has 2 aliphatic heterocycles. The highest BCUT2D eigenvalue weighted by Crippen LogP contribution is 2.75. The molecule has 3 saturated carbocycles. The lowest BCUT2D eigenvalue weighted by Gasteiger charge is -2.71. The van der Waals surface area contributed by atoms with Crippen molar-refractivity contribution in [3.8, 4) is 0 Å². The van der Waals surface area contributed by atoms with Gasteiger partial charge < -0.3 is 25.2 Å². The predicted octanol–water partition coefficient (Wildman–Crippen LogP) is 7.01. The standard InChI is InChI=1S/C42H67N5O5/c1-25(2)27(5)37(6)16-17-39(8)28-12-13-31-38(7)21-51-23-42(31,29(28)14-15-40(39,9)32(37)36(49)50)20-30(33(38)52-22-41(10,43)26(3)4)47-24-44-34(45-47)35(48)46-18-11-19-46/h14,24-28,30-33H,11-13,15-23,43H2,1-10H3,(H,49,50)/t27-,28+,30-,31+,32-,33+,37-,38+,39-,40+,41+,42?/m1/s1. The van der Waals surface area contributed by atoms with Gasteiger partial charge in [-0.2, -0.15) is 0 Å². The van der Waals surface area contributed by atoms with E-state index in [2.05, 4.69) is 80.3 Å². The summed E-state index contributed by atoms with van der Waals surface area (Å²) in [6.45, 7) is 25.6. The average molecular weight is 722 g/mol. The first-order valence-corrected chi connectivity index (χ1v) is 20.4. The van der Waals surface area contributed by atoms with Gasteiger partial charge in [0.15, 0.2) is 0 Å². The van der Waals surface area contributed by atoms with Gasteiger partial charge in [-0.3, -0.25) is 9.59 Å². The predicted molar refractivity (Wildman–Crippen MR) is 200 cm³/mol. The minimum atomic E-state index is -0.638. The molecule has 52 heavy (non-hydrogen) atoms. The number of carbonyl (C=O) groups is 2. The number of allylic oxidation sites excluding steroid dienone is 1. The summed E-state index contributed by atoms with van der Waals surface area (Å²) in [5.74, 6) is 0.588. The summed E-state index contributed by atoms with van der Waals surface area (Å²) in [5.41, 5.74) is 6.36. The zero-order valence-corrected chi connectivity index (χ0v) is 33.7. The van der Waals surface area contributed by atoms with Crippen molar-refractivity contribution in [2.45, 2.75) is 132 Å². The third-order valence-electron chi connectivity index (χ3n) is 17.2. The minimum Gasteiger partial charge on any atom is -0.481 e. The van der Waals surface area contributed by atoms with Crippen molar-refractivity contribution >= 4 is 11.9 Å². The largest absolute Gasteiger partial charge is 0.481 e. The summed E-state index contributed by atoms with van der Waals surface area (Å²) in [6.07, 6.45) is 10.5. The Bertz CT molecular complexity index is 1600. The summed E-state index contributed by atoms with van der Waals surface area (Å²) in [4.78, 5) is 33.2. The van der Waals surface area contributed by atoms with Gasteiger partial charge in [-0.05, 0) is 97.7 Å². The van der Waals surface area contributed by atoms with Crippen molar-refractivity contribution < 1.29 is 24.2 Å². The van der Waals surface area contributed by atoms with Gasteiger partial charge in [-0.25, -0.2) is 9.67 Å². The maximum atomic E-state index is 13.5. The van der Waals surface area contributed by atoms with Crippen LogP contribution >= 0.6 is 0 Å². The zero-order valence-electron chi connectivity index (χ0n) is 33.7. The van der Waals surface area contributed by atoms with Crippen LogP contribution in [0.3, 0.4) is 0 Å². The summed E-state index contributed by atoms with van der Waals surface area (Å²) < 4.78 is 15.7. The zero-order chi connectivity index (χ0) is 37.8. The van der Waals surface area contributed by atoms with E-state index in [1.165, 1.54) is 5.57 Å². The molecule has 2 bridgehead atoms. The lowest BCUT2D eigenvalue weighted by Crippen LogP contribution is -2.69.